The van der Waals surface area contributed by atoms with Crippen LogP contribution in [-0.2, 0) is 9.59 Å². The molecule has 3 unspecified atom stereocenters. The van der Waals surface area contributed by atoms with Crippen LogP contribution in [0.5, 0.6) is 0 Å². The van der Waals surface area contributed by atoms with Gasteiger partial charge in [0, 0.05) is 6.54 Å². The van der Waals surface area contributed by atoms with Crippen molar-refractivity contribution in [3.8, 4) is 0 Å². The molecule has 0 aliphatic carbocycles. The van der Waals surface area contributed by atoms with Gasteiger partial charge < -0.3 is 10.2 Å². The topological polar surface area (TPSA) is 49.4 Å². The molecule has 1 N–H and O–H groups in total. The van der Waals surface area contributed by atoms with Crippen LogP contribution >= 0.6 is 11.8 Å². The predicted octanol–water partition coefficient (Wildman–Crippen LogP) is 1.11. The van der Waals surface area contributed by atoms with E-state index in [4.69, 9.17) is 0 Å². The van der Waals surface area contributed by atoms with Crippen LogP contribution < -0.4 is 5.32 Å². The third-order valence-electron chi connectivity index (χ3n) is 3.73. The van der Waals surface area contributed by atoms with Crippen molar-refractivity contribution in [3.63, 3.8) is 0 Å². The van der Waals surface area contributed by atoms with Crippen molar-refractivity contribution in [2.75, 3.05) is 18.1 Å². The van der Waals surface area contributed by atoms with Gasteiger partial charge in [-0.1, -0.05) is 13.8 Å². The summed E-state index contributed by atoms with van der Waals surface area (Å²) < 4.78 is 0. The maximum atomic E-state index is 12.3. The number of amides is 2. The molecule has 2 rings (SSSR count). The van der Waals surface area contributed by atoms with Gasteiger partial charge in [0.2, 0.25) is 11.8 Å². The van der Waals surface area contributed by atoms with E-state index in [0.717, 1.165) is 18.7 Å². The van der Waals surface area contributed by atoms with Crippen LogP contribution in [0.25, 0.3) is 0 Å². The molecular weight excluding hydrogens is 248 g/mol. The minimum Gasteiger partial charge on any atom is -0.343 e. The minimum absolute atomic E-state index is 0.00255. The summed E-state index contributed by atoms with van der Waals surface area (Å²) in [4.78, 5) is 26.2. The summed E-state index contributed by atoms with van der Waals surface area (Å²) >= 11 is 1.94. The number of carbonyl (C=O) groups excluding carboxylic acids is 2. The first-order valence-electron chi connectivity index (χ1n) is 6.69. The molecule has 0 aromatic carbocycles. The third kappa shape index (κ3) is 2.66. The molecule has 0 aromatic rings. The summed E-state index contributed by atoms with van der Waals surface area (Å²) in [5.41, 5.74) is 0. The van der Waals surface area contributed by atoms with E-state index in [1.165, 1.54) is 5.75 Å². The normalized spacial score (nSPS) is 33.1. The van der Waals surface area contributed by atoms with E-state index in [1.807, 2.05) is 30.5 Å². The first-order valence-corrected chi connectivity index (χ1v) is 7.84. The highest BCUT2D eigenvalue weighted by Gasteiger charge is 2.41. The van der Waals surface area contributed by atoms with Crippen molar-refractivity contribution in [1.82, 2.24) is 10.2 Å². The lowest BCUT2D eigenvalue weighted by Crippen LogP contribution is -2.64. The van der Waals surface area contributed by atoms with Gasteiger partial charge in [-0.15, -0.1) is 0 Å². The summed E-state index contributed by atoms with van der Waals surface area (Å²) in [6.07, 6.45) is 1.16. The molecule has 2 heterocycles. The molecule has 0 bridgehead atoms. The number of nitrogens with one attached hydrogen (secondary N) is 1. The van der Waals surface area contributed by atoms with Gasteiger partial charge in [-0.3, -0.25) is 9.59 Å². The van der Waals surface area contributed by atoms with Gasteiger partial charge in [-0.05, 0) is 36.7 Å². The number of thioether (sulfide) groups is 1. The summed E-state index contributed by atoms with van der Waals surface area (Å²) in [5, 5.41) is 2.78. The number of hydrogen-bond donors (Lipinski definition) is 1. The molecule has 2 amide bonds. The third-order valence-corrected chi connectivity index (χ3v) is 4.96. The summed E-state index contributed by atoms with van der Waals surface area (Å²) in [5.74, 6) is 3.09. The maximum Gasteiger partial charge on any atom is 0.245 e. The smallest absolute Gasteiger partial charge is 0.245 e. The van der Waals surface area contributed by atoms with Crippen molar-refractivity contribution in [1.29, 1.82) is 0 Å². The Kier molecular flexibility index (Phi) is 4.20. The molecule has 2 fully saturated rings. The zero-order valence-corrected chi connectivity index (χ0v) is 12.1. The van der Waals surface area contributed by atoms with Crippen molar-refractivity contribution in [2.45, 2.75) is 39.3 Å². The number of carbonyl (C=O) groups is 2. The van der Waals surface area contributed by atoms with Gasteiger partial charge in [0.1, 0.15) is 12.1 Å². The largest absolute Gasteiger partial charge is 0.343 e. The van der Waals surface area contributed by atoms with E-state index >= 15 is 0 Å². The molecular formula is C13H22N2O2S. The van der Waals surface area contributed by atoms with E-state index in [9.17, 15) is 9.59 Å². The van der Waals surface area contributed by atoms with Crippen LogP contribution in [0.2, 0.25) is 0 Å². The molecule has 0 aromatic heterocycles. The van der Waals surface area contributed by atoms with Gasteiger partial charge in [0.25, 0.3) is 0 Å². The second kappa shape index (κ2) is 5.51. The molecule has 3 atom stereocenters. The standard InChI is InChI=1S/C13H22N2O2S/c1-8(2)11-12(16)14-9(3)13(17)15(11)6-10-4-5-18-7-10/h8-11H,4-7H2,1-3H3,(H,14,16). The van der Waals surface area contributed by atoms with Crippen molar-refractivity contribution in [3.05, 3.63) is 0 Å². The molecule has 2 aliphatic heterocycles. The fourth-order valence-electron chi connectivity index (χ4n) is 2.76. The summed E-state index contributed by atoms with van der Waals surface area (Å²) in [7, 11) is 0. The summed E-state index contributed by atoms with van der Waals surface area (Å²) in [6, 6.07) is -0.666. The van der Waals surface area contributed by atoms with Crippen LogP contribution in [0, 0.1) is 11.8 Å². The van der Waals surface area contributed by atoms with Crippen LogP contribution in [0.4, 0.5) is 0 Å². The zero-order valence-electron chi connectivity index (χ0n) is 11.3. The predicted molar refractivity (Wildman–Crippen MR) is 73.4 cm³/mol. The van der Waals surface area contributed by atoms with Gasteiger partial charge in [-0.2, -0.15) is 11.8 Å². The van der Waals surface area contributed by atoms with Gasteiger partial charge >= 0.3 is 0 Å². The lowest BCUT2D eigenvalue weighted by atomic mass is 9.95. The Morgan fingerprint density at radius 3 is 2.72 bits per heavy atom. The number of nitrogens with zero attached hydrogens (tertiary/aromatic N) is 1. The lowest BCUT2D eigenvalue weighted by molar-refractivity contribution is -0.151. The highest BCUT2D eigenvalue weighted by molar-refractivity contribution is 7.99. The molecule has 4 nitrogen and oxygen atoms in total. The van der Waals surface area contributed by atoms with Crippen LogP contribution in [-0.4, -0.2) is 46.8 Å². The van der Waals surface area contributed by atoms with E-state index in [1.54, 1.807) is 6.92 Å². The Hall–Kier alpha value is -0.710. The van der Waals surface area contributed by atoms with E-state index < -0.39 is 0 Å². The SMILES string of the molecule is CC1NC(=O)C(C(C)C)N(CC2CCSC2)C1=O. The molecule has 2 saturated heterocycles. The Morgan fingerprint density at radius 2 is 2.17 bits per heavy atom. The zero-order chi connectivity index (χ0) is 13.3. The fraction of sp³-hybridized carbons (Fsp3) is 0.846. The second-order valence-corrected chi connectivity index (χ2v) is 6.79. The number of hydrogen-bond acceptors (Lipinski definition) is 3. The minimum atomic E-state index is -0.374. The van der Waals surface area contributed by atoms with Crippen LogP contribution in [0.3, 0.4) is 0 Å². The average Bonchev–Trinajstić information content (AvgIpc) is 2.77. The first kappa shape index (κ1) is 13.7. The molecule has 2 aliphatic rings. The number of rotatable bonds is 3. The van der Waals surface area contributed by atoms with Crippen LogP contribution in [0.15, 0.2) is 0 Å². The van der Waals surface area contributed by atoms with Crippen molar-refractivity contribution >= 4 is 23.6 Å². The van der Waals surface area contributed by atoms with E-state index in [2.05, 4.69) is 5.32 Å². The second-order valence-electron chi connectivity index (χ2n) is 5.64. The molecule has 18 heavy (non-hydrogen) atoms. The maximum absolute atomic E-state index is 12.3. The highest BCUT2D eigenvalue weighted by atomic mass is 32.2. The number of piperazine rings is 1. The van der Waals surface area contributed by atoms with Crippen molar-refractivity contribution < 1.29 is 9.59 Å². The Labute approximate surface area is 113 Å². The molecule has 0 radical (unpaired) electrons. The Morgan fingerprint density at radius 1 is 1.44 bits per heavy atom. The van der Waals surface area contributed by atoms with Crippen molar-refractivity contribution in [2.24, 2.45) is 11.8 Å². The highest BCUT2D eigenvalue weighted by Crippen LogP contribution is 2.27. The van der Waals surface area contributed by atoms with Crippen LogP contribution in [0.1, 0.15) is 27.2 Å². The Balaban J connectivity index is 2.13. The lowest BCUT2D eigenvalue weighted by Gasteiger charge is -2.41. The first-order chi connectivity index (χ1) is 8.50. The average molecular weight is 270 g/mol. The molecule has 5 heteroatoms. The van der Waals surface area contributed by atoms with Gasteiger partial charge in [0.15, 0.2) is 0 Å². The quantitative estimate of drug-likeness (QED) is 0.836. The molecule has 0 spiro atoms. The molecule has 0 saturated carbocycles. The van der Waals surface area contributed by atoms with Gasteiger partial charge in [-0.25, -0.2) is 0 Å². The van der Waals surface area contributed by atoms with Gasteiger partial charge in [0.05, 0.1) is 0 Å². The Bertz CT molecular complexity index is 340. The van der Waals surface area contributed by atoms with E-state index in [0.29, 0.717) is 5.92 Å². The summed E-state index contributed by atoms with van der Waals surface area (Å²) in [6.45, 7) is 6.52. The monoisotopic (exact) mass is 270 g/mol. The fourth-order valence-corrected chi connectivity index (χ4v) is 4.03. The van der Waals surface area contributed by atoms with E-state index in [-0.39, 0.29) is 29.8 Å². The molecule has 102 valence electrons.